The van der Waals surface area contributed by atoms with Crippen molar-refractivity contribution in [3.05, 3.63) is 57.3 Å². The molecule has 120 valence electrons. The molecule has 0 aliphatic heterocycles. The average molecular weight is 313 g/mol. The van der Waals surface area contributed by atoms with Crippen LogP contribution in [0.15, 0.2) is 46.8 Å². The van der Waals surface area contributed by atoms with Crippen molar-refractivity contribution in [1.29, 1.82) is 0 Å². The van der Waals surface area contributed by atoms with E-state index in [0.29, 0.717) is 18.7 Å². The van der Waals surface area contributed by atoms with Gasteiger partial charge in [-0.05, 0) is 43.1 Å². The predicted octanol–water partition coefficient (Wildman–Crippen LogP) is 4.70. The van der Waals surface area contributed by atoms with Crippen molar-refractivity contribution in [1.82, 2.24) is 0 Å². The highest BCUT2D eigenvalue weighted by molar-refractivity contribution is 5.70. The molecule has 0 spiro atoms. The number of aryl methyl sites for hydroxylation is 2. The van der Waals surface area contributed by atoms with Crippen molar-refractivity contribution >= 4 is 17.1 Å². The molecule has 2 rings (SSSR count). The van der Waals surface area contributed by atoms with E-state index in [2.05, 4.69) is 16.4 Å². The summed E-state index contributed by atoms with van der Waals surface area (Å²) in [5.74, 6) is -0.0274. The van der Waals surface area contributed by atoms with Crippen LogP contribution in [0.25, 0.3) is 0 Å². The van der Waals surface area contributed by atoms with Gasteiger partial charge in [-0.2, -0.15) is 4.91 Å². The Morgan fingerprint density at radius 3 is 2.52 bits per heavy atom. The number of phenols is 1. The molecule has 0 aliphatic rings. The van der Waals surface area contributed by atoms with Crippen LogP contribution in [-0.2, 0) is 0 Å². The van der Waals surface area contributed by atoms with Gasteiger partial charge in [0.1, 0.15) is 11.4 Å². The van der Waals surface area contributed by atoms with Gasteiger partial charge in [0.2, 0.25) is 0 Å². The van der Waals surface area contributed by atoms with Crippen LogP contribution in [-0.4, -0.2) is 18.2 Å². The Kier molecular flexibility index (Phi) is 5.41. The average Bonchev–Trinajstić information content (AvgIpc) is 2.52. The Hall–Kier alpha value is -2.76. The summed E-state index contributed by atoms with van der Waals surface area (Å²) in [5, 5.41) is 15.6. The van der Waals surface area contributed by atoms with Crippen LogP contribution >= 0.6 is 0 Å². The summed E-state index contributed by atoms with van der Waals surface area (Å²) in [6.45, 7) is 4.76. The lowest BCUT2D eigenvalue weighted by Gasteiger charge is -2.27. The molecule has 0 amide bonds. The molecule has 0 heterocycles. The molecule has 0 fully saturated rings. The van der Waals surface area contributed by atoms with Crippen LogP contribution in [0.5, 0.6) is 5.75 Å². The van der Waals surface area contributed by atoms with Gasteiger partial charge < -0.3 is 10.0 Å². The molecule has 0 unspecified atom stereocenters. The molecule has 0 saturated heterocycles. The maximum atomic E-state index is 10.8. The van der Waals surface area contributed by atoms with E-state index in [1.54, 1.807) is 12.1 Å². The molecule has 0 radical (unpaired) electrons. The summed E-state index contributed by atoms with van der Waals surface area (Å²) in [6.07, 6.45) is 0.566. The molecule has 6 nitrogen and oxygen atoms in total. The summed E-state index contributed by atoms with van der Waals surface area (Å²) in [6, 6.07) is 10.5. The summed E-state index contributed by atoms with van der Waals surface area (Å²) in [7, 11) is 0. The van der Waals surface area contributed by atoms with Crippen LogP contribution < -0.4 is 4.90 Å². The van der Waals surface area contributed by atoms with Crippen LogP contribution in [0.3, 0.4) is 0 Å². The molecule has 23 heavy (non-hydrogen) atoms. The number of nitrogens with zero attached hydrogens (tertiary/aromatic N) is 3. The Morgan fingerprint density at radius 1 is 1.09 bits per heavy atom. The smallest absolute Gasteiger partial charge is 0.119 e. The summed E-state index contributed by atoms with van der Waals surface area (Å²) >= 11 is 0. The maximum Gasteiger partial charge on any atom is 0.119 e. The lowest BCUT2D eigenvalue weighted by atomic mass is 10.1. The van der Waals surface area contributed by atoms with Crippen molar-refractivity contribution in [2.24, 2.45) is 10.4 Å². The Morgan fingerprint density at radius 2 is 1.87 bits per heavy atom. The first-order valence-electron chi connectivity index (χ1n) is 7.36. The van der Waals surface area contributed by atoms with E-state index >= 15 is 0 Å². The second kappa shape index (κ2) is 7.49. The number of phenolic OH excluding ortho intramolecular Hbond substituents is 1. The third-order valence-electron chi connectivity index (χ3n) is 3.58. The molecular weight excluding hydrogens is 294 g/mol. The Labute approximate surface area is 134 Å². The molecule has 6 heteroatoms. The normalized spacial score (nSPS) is 10.3. The van der Waals surface area contributed by atoms with Gasteiger partial charge in [-0.15, -0.1) is 4.91 Å². The van der Waals surface area contributed by atoms with Gasteiger partial charge in [-0.3, -0.25) is 0 Å². The van der Waals surface area contributed by atoms with Gasteiger partial charge in [-0.25, -0.2) is 0 Å². The Balaban J connectivity index is 2.46. The minimum Gasteiger partial charge on any atom is -0.508 e. The monoisotopic (exact) mass is 313 g/mol. The van der Waals surface area contributed by atoms with Gasteiger partial charge in [0.15, 0.2) is 0 Å². The van der Waals surface area contributed by atoms with E-state index in [1.165, 1.54) is 6.07 Å². The standard InChI is InChI=1S/C17H19N3O3/c1-12-4-5-17(13(2)8-12)20(7-3-6-18-22)15-9-14(19-23)10-16(21)11-15/h4-5,8-11,21H,3,6-7H2,1-2H3. The molecule has 0 aromatic heterocycles. The van der Waals surface area contributed by atoms with E-state index in [4.69, 9.17) is 0 Å². The van der Waals surface area contributed by atoms with Crippen molar-refractivity contribution in [3.8, 4) is 5.75 Å². The number of aromatic hydroxyl groups is 1. The van der Waals surface area contributed by atoms with Gasteiger partial charge in [0.25, 0.3) is 0 Å². The fourth-order valence-electron chi connectivity index (χ4n) is 2.58. The molecule has 0 aliphatic carbocycles. The molecule has 0 bridgehead atoms. The number of hydrogen-bond acceptors (Lipinski definition) is 6. The van der Waals surface area contributed by atoms with Gasteiger partial charge in [-0.1, -0.05) is 22.9 Å². The third-order valence-corrected chi connectivity index (χ3v) is 3.58. The number of nitroso groups, excluding NO2 is 2. The largest absolute Gasteiger partial charge is 0.508 e. The molecule has 0 atom stereocenters. The summed E-state index contributed by atoms with van der Waals surface area (Å²) < 4.78 is 0. The first-order chi connectivity index (χ1) is 11.0. The first kappa shape index (κ1) is 16.6. The van der Waals surface area contributed by atoms with E-state index in [0.717, 1.165) is 16.8 Å². The minimum absolute atomic E-state index is 0.0274. The zero-order valence-electron chi connectivity index (χ0n) is 13.2. The lowest BCUT2D eigenvalue weighted by molar-refractivity contribution is 0.475. The second-order valence-corrected chi connectivity index (χ2v) is 5.45. The molecule has 2 aromatic carbocycles. The second-order valence-electron chi connectivity index (χ2n) is 5.45. The first-order valence-corrected chi connectivity index (χ1v) is 7.36. The Bertz CT molecular complexity index is 716. The molecule has 2 aromatic rings. The van der Waals surface area contributed by atoms with E-state index in [1.807, 2.05) is 30.9 Å². The van der Waals surface area contributed by atoms with Crippen molar-refractivity contribution in [2.75, 3.05) is 18.0 Å². The van der Waals surface area contributed by atoms with Gasteiger partial charge in [0, 0.05) is 30.1 Å². The fourth-order valence-corrected chi connectivity index (χ4v) is 2.58. The van der Waals surface area contributed by atoms with Crippen molar-refractivity contribution in [2.45, 2.75) is 20.3 Å². The van der Waals surface area contributed by atoms with Crippen LogP contribution in [0, 0.1) is 23.7 Å². The fraction of sp³-hybridized carbons (Fsp3) is 0.294. The van der Waals surface area contributed by atoms with E-state index in [9.17, 15) is 14.9 Å². The summed E-state index contributed by atoms with van der Waals surface area (Å²) in [4.78, 5) is 23.1. The van der Waals surface area contributed by atoms with E-state index in [-0.39, 0.29) is 18.0 Å². The van der Waals surface area contributed by atoms with Gasteiger partial charge in [0.05, 0.1) is 6.54 Å². The highest BCUT2D eigenvalue weighted by Gasteiger charge is 2.14. The number of benzene rings is 2. The summed E-state index contributed by atoms with van der Waals surface area (Å²) in [5.41, 5.74) is 3.96. The molecule has 1 N–H and O–H groups in total. The molecular formula is C17H19N3O3. The van der Waals surface area contributed by atoms with Crippen molar-refractivity contribution in [3.63, 3.8) is 0 Å². The quantitative estimate of drug-likeness (QED) is 0.593. The van der Waals surface area contributed by atoms with Crippen LogP contribution in [0.2, 0.25) is 0 Å². The third kappa shape index (κ3) is 4.12. The zero-order chi connectivity index (χ0) is 16.8. The molecule has 0 saturated carbocycles. The maximum absolute atomic E-state index is 10.8. The van der Waals surface area contributed by atoms with E-state index < -0.39 is 0 Å². The lowest BCUT2D eigenvalue weighted by Crippen LogP contribution is -2.20. The highest BCUT2D eigenvalue weighted by Crippen LogP contribution is 2.34. The van der Waals surface area contributed by atoms with Gasteiger partial charge >= 0.3 is 0 Å². The number of hydrogen-bond donors (Lipinski definition) is 1. The number of rotatable bonds is 7. The zero-order valence-corrected chi connectivity index (χ0v) is 13.2. The number of anilines is 2. The van der Waals surface area contributed by atoms with Crippen LogP contribution in [0.1, 0.15) is 17.5 Å². The minimum atomic E-state index is -0.0274. The SMILES string of the molecule is Cc1ccc(N(CCCN=O)c2cc(O)cc(N=O)c2)c(C)c1. The van der Waals surface area contributed by atoms with Crippen molar-refractivity contribution < 1.29 is 5.11 Å². The topological polar surface area (TPSA) is 82.3 Å². The highest BCUT2D eigenvalue weighted by atomic mass is 16.3. The van der Waals surface area contributed by atoms with Crippen LogP contribution in [0.4, 0.5) is 17.1 Å². The predicted molar refractivity (Wildman–Crippen MR) is 91.8 cm³/mol.